The number of nitrogens with zero attached hydrogens (tertiary/aromatic N) is 1. The van der Waals surface area contributed by atoms with Crippen LogP contribution < -0.4 is 4.72 Å². The van der Waals surface area contributed by atoms with E-state index in [2.05, 4.69) is 18.6 Å². The Morgan fingerprint density at radius 1 is 1.33 bits per heavy atom. The third-order valence-electron chi connectivity index (χ3n) is 3.55. The van der Waals surface area contributed by atoms with Crippen molar-refractivity contribution in [1.82, 2.24) is 4.72 Å². The van der Waals surface area contributed by atoms with E-state index >= 15 is 0 Å². The van der Waals surface area contributed by atoms with Crippen molar-refractivity contribution in [2.75, 3.05) is 6.54 Å². The van der Waals surface area contributed by atoms with E-state index in [1.807, 2.05) is 6.07 Å². The maximum Gasteiger partial charge on any atom is 0.215 e. The molecule has 0 saturated carbocycles. The van der Waals surface area contributed by atoms with Crippen LogP contribution in [-0.4, -0.2) is 15.0 Å². The van der Waals surface area contributed by atoms with Gasteiger partial charge in [-0.2, -0.15) is 5.26 Å². The van der Waals surface area contributed by atoms with Crippen molar-refractivity contribution in [1.29, 1.82) is 5.26 Å². The lowest BCUT2D eigenvalue weighted by Crippen LogP contribution is -2.30. The van der Waals surface area contributed by atoms with Gasteiger partial charge >= 0.3 is 0 Å². The number of benzene rings is 1. The molecule has 1 rings (SSSR count). The molecule has 1 aromatic rings. The van der Waals surface area contributed by atoms with E-state index in [9.17, 15) is 8.42 Å². The third kappa shape index (κ3) is 6.74. The molecule has 0 aliphatic rings. The molecule has 0 aliphatic carbocycles. The van der Waals surface area contributed by atoms with E-state index in [0.717, 1.165) is 25.7 Å². The van der Waals surface area contributed by atoms with Gasteiger partial charge in [0.05, 0.1) is 17.4 Å². The number of sulfonamides is 1. The minimum atomic E-state index is -3.35. The summed E-state index contributed by atoms with van der Waals surface area (Å²) in [5.74, 6) is 0.317. The molecule has 0 amide bonds. The van der Waals surface area contributed by atoms with Crippen LogP contribution in [0.15, 0.2) is 24.3 Å². The molecular formula is C16H24N2O2S. The Morgan fingerprint density at radius 3 is 2.71 bits per heavy atom. The predicted molar refractivity (Wildman–Crippen MR) is 85.1 cm³/mol. The fourth-order valence-electron chi connectivity index (χ4n) is 2.19. The molecule has 21 heavy (non-hydrogen) atoms. The molecule has 0 heterocycles. The fourth-order valence-corrected chi connectivity index (χ4v) is 3.40. The number of nitrogens with one attached hydrogen (secondary N) is 1. The highest BCUT2D eigenvalue weighted by Crippen LogP contribution is 2.13. The molecule has 0 bridgehead atoms. The average molecular weight is 308 g/mol. The second-order valence-electron chi connectivity index (χ2n) is 5.34. The summed E-state index contributed by atoms with van der Waals surface area (Å²) in [4.78, 5) is 0. The van der Waals surface area contributed by atoms with E-state index < -0.39 is 10.0 Å². The van der Waals surface area contributed by atoms with Gasteiger partial charge in [-0.1, -0.05) is 45.2 Å². The molecule has 4 nitrogen and oxygen atoms in total. The molecule has 5 heteroatoms. The van der Waals surface area contributed by atoms with E-state index in [1.54, 1.807) is 24.3 Å². The van der Waals surface area contributed by atoms with Gasteiger partial charge in [0.15, 0.2) is 0 Å². The first-order valence-electron chi connectivity index (χ1n) is 7.47. The van der Waals surface area contributed by atoms with Crippen LogP contribution >= 0.6 is 0 Å². The van der Waals surface area contributed by atoms with Gasteiger partial charge in [0.1, 0.15) is 0 Å². The first kappa shape index (κ1) is 17.7. The van der Waals surface area contributed by atoms with Crippen LogP contribution in [0.5, 0.6) is 0 Å². The topological polar surface area (TPSA) is 70.0 Å². The number of rotatable bonds is 9. The number of hydrogen-bond donors (Lipinski definition) is 1. The van der Waals surface area contributed by atoms with Gasteiger partial charge in [-0.05, 0) is 30.0 Å². The maximum absolute atomic E-state index is 12.1. The van der Waals surface area contributed by atoms with Crippen LogP contribution in [-0.2, 0) is 15.8 Å². The normalized spacial score (nSPS) is 12.8. The number of unbranched alkanes of at least 4 members (excludes halogenated alkanes) is 1. The van der Waals surface area contributed by atoms with Crippen LogP contribution in [0.25, 0.3) is 0 Å². The highest BCUT2D eigenvalue weighted by molar-refractivity contribution is 7.88. The van der Waals surface area contributed by atoms with Crippen molar-refractivity contribution in [3.8, 4) is 6.07 Å². The van der Waals surface area contributed by atoms with Gasteiger partial charge in [-0.3, -0.25) is 0 Å². The quantitative estimate of drug-likeness (QED) is 0.761. The highest BCUT2D eigenvalue weighted by atomic mass is 32.2. The lowest BCUT2D eigenvalue weighted by molar-refractivity contribution is 0.443. The molecule has 116 valence electrons. The second-order valence-corrected chi connectivity index (χ2v) is 7.14. The van der Waals surface area contributed by atoms with Gasteiger partial charge < -0.3 is 0 Å². The molecule has 1 unspecified atom stereocenters. The van der Waals surface area contributed by atoms with Crippen molar-refractivity contribution in [2.24, 2.45) is 5.92 Å². The lowest BCUT2D eigenvalue weighted by atomic mass is 10.00. The summed E-state index contributed by atoms with van der Waals surface area (Å²) in [6.07, 6.45) is 4.29. The third-order valence-corrected chi connectivity index (χ3v) is 4.87. The minimum absolute atomic E-state index is 0.0767. The predicted octanol–water partition coefficient (Wildman–Crippen LogP) is 3.19. The minimum Gasteiger partial charge on any atom is -0.215 e. The van der Waals surface area contributed by atoms with Gasteiger partial charge in [-0.15, -0.1) is 0 Å². The molecule has 0 radical (unpaired) electrons. The zero-order valence-corrected chi connectivity index (χ0v) is 13.6. The van der Waals surface area contributed by atoms with Crippen LogP contribution in [0.1, 0.15) is 50.7 Å². The molecule has 0 aliphatic heterocycles. The van der Waals surface area contributed by atoms with Gasteiger partial charge in [0.2, 0.25) is 10.0 Å². The molecule has 1 atom stereocenters. The summed E-state index contributed by atoms with van der Waals surface area (Å²) in [6, 6.07) is 8.75. The first-order valence-corrected chi connectivity index (χ1v) is 9.12. The summed E-state index contributed by atoms with van der Waals surface area (Å²) in [6.45, 7) is 4.72. The number of hydrogen-bond acceptors (Lipinski definition) is 3. The van der Waals surface area contributed by atoms with Crippen LogP contribution in [0.2, 0.25) is 0 Å². The lowest BCUT2D eigenvalue weighted by Gasteiger charge is -2.15. The molecule has 1 aromatic carbocycles. The van der Waals surface area contributed by atoms with Crippen molar-refractivity contribution in [2.45, 2.75) is 45.3 Å². The van der Waals surface area contributed by atoms with Crippen molar-refractivity contribution in [3.05, 3.63) is 35.4 Å². The van der Waals surface area contributed by atoms with Crippen molar-refractivity contribution in [3.63, 3.8) is 0 Å². The molecule has 0 fully saturated rings. The van der Waals surface area contributed by atoms with E-state index in [0.29, 0.717) is 23.6 Å². The Hall–Kier alpha value is -1.38. The average Bonchev–Trinajstić information content (AvgIpc) is 2.47. The smallest absolute Gasteiger partial charge is 0.215 e. The van der Waals surface area contributed by atoms with Gasteiger partial charge in [0.25, 0.3) is 0 Å². The Balaban J connectivity index is 2.59. The Kier molecular flexibility index (Phi) is 7.41. The van der Waals surface area contributed by atoms with E-state index in [4.69, 9.17) is 5.26 Å². The molecule has 0 spiro atoms. The van der Waals surface area contributed by atoms with E-state index in [1.165, 1.54) is 0 Å². The summed E-state index contributed by atoms with van der Waals surface area (Å²) < 4.78 is 26.9. The Morgan fingerprint density at radius 2 is 2.10 bits per heavy atom. The zero-order chi connectivity index (χ0) is 15.7. The van der Waals surface area contributed by atoms with Crippen molar-refractivity contribution >= 4 is 10.0 Å². The zero-order valence-electron chi connectivity index (χ0n) is 12.8. The summed E-state index contributed by atoms with van der Waals surface area (Å²) >= 11 is 0. The molecule has 0 saturated heterocycles. The summed E-state index contributed by atoms with van der Waals surface area (Å²) in [7, 11) is -3.35. The summed E-state index contributed by atoms with van der Waals surface area (Å²) in [5.41, 5.74) is 1.13. The van der Waals surface area contributed by atoms with Crippen LogP contribution in [0.4, 0.5) is 0 Å². The number of nitriles is 1. The van der Waals surface area contributed by atoms with Gasteiger partial charge in [0, 0.05) is 6.54 Å². The molecular weight excluding hydrogens is 284 g/mol. The Bertz CT molecular complexity index is 576. The molecule has 0 aromatic heterocycles. The largest absolute Gasteiger partial charge is 0.215 e. The van der Waals surface area contributed by atoms with Crippen LogP contribution in [0.3, 0.4) is 0 Å². The SMILES string of the molecule is CCCCC(CC)CNS(=O)(=O)Cc1cccc(C#N)c1. The van der Waals surface area contributed by atoms with E-state index in [-0.39, 0.29) is 5.75 Å². The molecule has 1 N–H and O–H groups in total. The van der Waals surface area contributed by atoms with Crippen LogP contribution in [0, 0.1) is 17.2 Å². The second kappa shape index (κ2) is 8.81. The standard InChI is InChI=1S/C16H24N2O2S/c1-3-5-7-14(4-2)12-18-21(19,20)13-16-9-6-8-15(10-16)11-17/h6,8-10,14,18H,3-5,7,12-13H2,1-2H3. The van der Waals surface area contributed by atoms with Crippen molar-refractivity contribution < 1.29 is 8.42 Å². The summed E-state index contributed by atoms with van der Waals surface area (Å²) in [5, 5.41) is 8.84. The van der Waals surface area contributed by atoms with Gasteiger partial charge in [-0.25, -0.2) is 13.1 Å². The first-order chi connectivity index (χ1) is 10.0. The monoisotopic (exact) mass is 308 g/mol. The Labute approximate surface area is 128 Å². The fraction of sp³-hybridized carbons (Fsp3) is 0.562. The highest BCUT2D eigenvalue weighted by Gasteiger charge is 2.14. The maximum atomic E-state index is 12.1.